The maximum atomic E-state index is 13.5. The van der Waals surface area contributed by atoms with E-state index in [0.29, 0.717) is 39.5 Å². The normalized spacial score (nSPS) is 11.3. The van der Waals surface area contributed by atoms with Crippen molar-refractivity contribution in [3.8, 4) is 17.0 Å². The number of pyridine rings is 1. The molecule has 148 valence electrons. The maximum Gasteiger partial charge on any atom is 0.262 e. The van der Waals surface area contributed by atoms with Crippen molar-refractivity contribution >= 4 is 28.3 Å². The Hall–Kier alpha value is -3.71. The van der Waals surface area contributed by atoms with Crippen LogP contribution < -0.4 is 10.3 Å². The number of rotatable bonds is 4. The molecule has 0 unspecified atom stereocenters. The van der Waals surface area contributed by atoms with Gasteiger partial charge in [0.05, 0.1) is 30.3 Å². The zero-order valence-electron chi connectivity index (χ0n) is 16.0. The van der Waals surface area contributed by atoms with Gasteiger partial charge in [-0.2, -0.15) is 14.6 Å². The molecule has 0 bridgehead atoms. The van der Waals surface area contributed by atoms with Gasteiger partial charge in [-0.15, -0.1) is 0 Å². The summed E-state index contributed by atoms with van der Waals surface area (Å²) in [5.74, 6) is 1.17. The summed E-state index contributed by atoms with van der Waals surface area (Å²) in [4.78, 5) is 22.2. The van der Waals surface area contributed by atoms with Gasteiger partial charge in [0, 0.05) is 16.8 Å². The van der Waals surface area contributed by atoms with E-state index in [1.165, 1.54) is 6.33 Å². The molecule has 3 aromatic heterocycles. The van der Waals surface area contributed by atoms with E-state index >= 15 is 0 Å². The second kappa shape index (κ2) is 7.27. The molecule has 0 aliphatic rings. The van der Waals surface area contributed by atoms with Gasteiger partial charge < -0.3 is 9.30 Å². The summed E-state index contributed by atoms with van der Waals surface area (Å²) in [6, 6.07) is 16.8. The summed E-state index contributed by atoms with van der Waals surface area (Å²) in [6.07, 6.45) is 3.16. The van der Waals surface area contributed by atoms with Gasteiger partial charge in [-0.1, -0.05) is 41.9 Å². The van der Waals surface area contributed by atoms with E-state index in [9.17, 15) is 4.79 Å². The highest BCUT2D eigenvalue weighted by Crippen LogP contribution is 2.31. The lowest BCUT2D eigenvalue weighted by Crippen LogP contribution is -2.22. The van der Waals surface area contributed by atoms with Crippen LogP contribution in [0.1, 0.15) is 5.56 Å². The number of benzene rings is 2. The third kappa shape index (κ3) is 3.00. The predicted octanol–water partition coefficient (Wildman–Crippen LogP) is 3.82. The number of hydrogen-bond donors (Lipinski definition) is 0. The largest absolute Gasteiger partial charge is 0.497 e. The molecule has 5 rings (SSSR count). The lowest BCUT2D eigenvalue weighted by atomic mass is 10.1. The van der Waals surface area contributed by atoms with Gasteiger partial charge in [0.15, 0.2) is 0 Å². The Morgan fingerprint density at radius 3 is 2.63 bits per heavy atom. The molecule has 0 spiro atoms. The molecule has 5 aromatic rings. The fraction of sp³-hybridized carbons (Fsp3) is 0.0909. The molecular formula is C22H16ClN5O2. The first-order chi connectivity index (χ1) is 14.7. The highest BCUT2D eigenvalue weighted by molar-refractivity contribution is 6.33. The van der Waals surface area contributed by atoms with Gasteiger partial charge in [0.1, 0.15) is 12.1 Å². The second-order valence-electron chi connectivity index (χ2n) is 6.77. The first-order valence-electron chi connectivity index (χ1n) is 9.26. The SMILES string of the molecule is COc1ccc(Cn2ccc3nc4ncnn4c(-c4ccccc4Cl)c3c2=O)cc1. The van der Waals surface area contributed by atoms with E-state index in [1.807, 2.05) is 48.5 Å². The molecule has 8 heteroatoms. The minimum Gasteiger partial charge on any atom is -0.497 e. The fourth-order valence-electron chi connectivity index (χ4n) is 3.52. The van der Waals surface area contributed by atoms with Crippen LogP contribution in [0.3, 0.4) is 0 Å². The number of fused-ring (bicyclic) bond motifs is 2. The zero-order chi connectivity index (χ0) is 20.7. The van der Waals surface area contributed by atoms with Crippen LogP contribution in [0.25, 0.3) is 27.9 Å². The standard InChI is InChI=1S/C22H16ClN5O2/c1-30-15-8-6-14(7-9-15)12-27-11-10-18-19(21(27)29)20(16-4-2-3-5-17(16)23)28-22(26-18)24-13-25-28/h2-11,13H,12H2,1H3. The van der Waals surface area contributed by atoms with Gasteiger partial charge >= 0.3 is 0 Å². The molecule has 7 nitrogen and oxygen atoms in total. The van der Waals surface area contributed by atoms with Crippen LogP contribution in [-0.2, 0) is 6.54 Å². The molecule has 0 N–H and O–H groups in total. The van der Waals surface area contributed by atoms with Crippen molar-refractivity contribution in [3.05, 3.63) is 88.1 Å². The highest BCUT2D eigenvalue weighted by Gasteiger charge is 2.18. The van der Waals surface area contributed by atoms with Crippen LogP contribution in [0.15, 0.2) is 71.9 Å². The predicted molar refractivity (Wildman–Crippen MR) is 115 cm³/mol. The Morgan fingerprint density at radius 2 is 1.87 bits per heavy atom. The van der Waals surface area contributed by atoms with Gasteiger partial charge in [-0.05, 0) is 29.8 Å². The van der Waals surface area contributed by atoms with Crippen molar-refractivity contribution in [3.63, 3.8) is 0 Å². The molecule has 0 saturated carbocycles. The van der Waals surface area contributed by atoms with Crippen LogP contribution in [0.2, 0.25) is 5.02 Å². The average molecular weight is 418 g/mol. The van der Waals surface area contributed by atoms with Crippen LogP contribution >= 0.6 is 11.6 Å². The van der Waals surface area contributed by atoms with E-state index in [0.717, 1.165) is 11.3 Å². The van der Waals surface area contributed by atoms with E-state index < -0.39 is 0 Å². The summed E-state index contributed by atoms with van der Waals surface area (Å²) in [6.45, 7) is 0.413. The number of ether oxygens (including phenoxy) is 1. The highest BCUT2D eigenvalue weighted by atomic mass is 35.5. The summed E-state index contributed by atoms with van der Waals surface area (Å²) in [5, 5.41) is 5.24. The molecule has 0 aliphatic carbocycles. The second-order valence-corrected chi connectivity index (χ2v) is 7.18. The van der Waals surface area contributed by atoms with Gasteiger partial charge in [0.25, 0.3) is 11.3 Å². The van der Waals surface area contributed by atoms with Crippen LogP contribution in [-0.4, -0.2) is 31.3 Å². The van der Waals surface area contributed by atoms with Crippen molar-refractivity contribution in [2.75, 3.05) is 7.11 Å². The first-order valence-corrected chi connectivity index (χ1v) is 9.64. The van der Waals surface area contributed by atoms with Crippen LogP contribution in [0.5, 0.6) is 5.75 Å². The van der Waals surface area contributed by atoms with E-state index in [4.69, 9.17) is 16.3 Å². The minimum absolute atomic E-state index is 0.178. The zero-order valence-corrected chi connectivity index (χ0v) is 16.7. The van der Waals surface area contributed by atoms with Gasteiger partial charge in [-0.25, -0.2) is 4.98 Å². The molecule has 0 fully saturated rings. The minimum atomic E-state index is -0.178. The summed E-state index contributed by atoms with van der Waals surface area (Å²) in [5.41, 5.74) is 2.62. The van der Waals surface area contributed by atoms with Gasteiger partial charge in [-0.3, -0.25) is 4.79 Å². The molecule has 2 aromatic carbocycles. The molecule has 0 radical (unpaired) electrons. The van der Waals surface area contributed by atoms with Crippen molar-refractivity contribution in [2.45, 2.75) is 6.54 Å². The summed E-state index contributed by atoms with van der Waals surface area (Å²) >= 11 is 6.47. The summed E-state index contributed by atoms with van der Waals surface area (Å²) < 4.78 is 8.41. The molecule has 0 atom stereocenters. The number of halogens is 1. The van der Waals surface area contributed by atoms with E-state index in [2.05, 4.69) is 15.1 Å². The lowest BCUT2D eigenvalue weighted by molar-refractivity contribution is 0.414. The maximum absolute atomic E-state index is 13.5. The monoisotopic (exact) mass is 417 g/mol. The molecule has 0 amide bonds. The van der Waals surface area contributed by atoms with E-state index in [-0.39, 0.29) is 5.56 Å². The Balaban J connectivity index is 1.76. The van der Waals surface area contributed by atoms with Crippen molar-refractivity contribution < 1.29 is 4.74 Å². The molecule has 0 aliphatic heterocycles. The van der Waals surface area contributed by atoms with E-state index in [1.54, 1.807) is 28.5 Å². The first kappa shape index (κ1) is 18.3. The van der Waals surface area contributed by atoms with Gasteiger partial charge in [0.2, 0.25) is 0 Å². The Bertz CT molecular complexity index is 1440. The smallest absolute Gasteiger partial charge is 0.262 e. The Labute approximate surface area is 176 Å². The van der Waals surface area contributed by atoms with Crippen LogP contribution in [0, 0.1) is 0 Å². The number of aromatic nitrogens is 5. The molecule has 30 heavy (non-hydrogen) atoms. The molecular weight excluding hydrogens is 402 g/mol. The third-order valence-electron chi connectivity index (χ3n) is 4.98. The molecule has 3 heterocycles. The number of nitrogens with zero attached hydrogens (tertiary/aromatic N) is 5. The third-order valence-corrected chi connectivity index (χ3v) is 5.31. The van der Waals surface area contributed by atoms with Crippen molar-refractivity contribution in [1.82, 2.24) is 24.1 Å². The molecule has 0 saturated heterocycles. The average Bonchev–Trinajstić information content (AvgIpc) is 3.24. The summed E-state index contributed by atoms with van der Waals surface area (Å²) in [7, 11) is 1.62. The Kier molecular flexibility index (Phi) is 4.44. The lowest BCUT2D eigenvalue weighted by Gasteiger charge is -2.12. The van der Waals surface area contributed by atoms with Crippen LogP contribution in [0.4, 0.5) is 0 Å². The number of hydrogen-bond acceptors (Lipinski definition) is 5. The van der Waals surface area contributed by atoms with Crippen molar-refractivity contribution in [1.29, 1.82) is 0 Å². The topological polar surface area (TPSA) is 74.3 Å². The Morgan fingerprint density at radius 1 is 1.07 bits per heavy atom. The fourth-order valence-corrected chi connectivity index (χ4v) is 3.74. The number of methoxy groups -OCH3 is 1. The quantitative estimate of drug-likeness (QED) is 0.444. The van der Waals surface area contributed by atoms with Crippen molar-refractivity contribution in [2.24, 2.45) is 0 Å².